The van der Waals surface area contributed by atoms with E-state index in [1.807, 2.05) is 52.1 Å². The third kappa shape index (κ3) is 102. The van der Waals surface area contributed by atoms with Crippen LogP contribution in [0.25, 0.3) is 0 Å². The fourth-order valence-electron chi connectivity index (χ4n) is 0.375. The number of methoxy groups -OCH3 is 1. The highest BCUT2D eigenvalue weighted by Gasteiger charge is 1.95. The Bertz CT molecular complexity index is 570. The molecule has 0 aromatic rings. The molecule has 0 rings (SSSR count). The number of esters is 2. The Morgan fingerprint density at radius 1 is 0.771 bits per heavy atom. The first kappa shape index (κ1) is 49.2. The van der Waals surface area contributed by atoms with Gasteiger partial charge in [0.1, 0.15) is 0 Å². The fraction of sp³-hybridized carbons (Fsp3) is 0.500. The summed E-state index contributed by atoms with van der Waals surface area (Å²) >= 11 is 0. The first-order chi connectivity index (χ1) is 15.2. The van der Waals surface area contributed by atoms with Gasteiger partial charge in [-0.15, -0.1) is 12.4 Å². The average Bonchev–Trinajstić information content (AvgIpc) is 2.67. The van der Waals surface area contributed by atoms with Crippen molar-refractivity contribution >= 4 is 36.3 Å². The molecule has 0 atom stereocenters. The number of ether oxygens (including phenoxy) is 2. The zero-order valence-electron chi connectivity index (χ0n) is 23.3. The Hall–Kier alpha value is -2.95. The second kappa shape index (κ2) is 35.6. The number of carbonyl (C=O) groups is 4. The molecule has 0 unspecified atom stereocenters. The van der Waals surface area contributed by atoms with Crippen LogP contribution in [0.1, 0.15) is 27.7 Å². The van der Waals surface area contributed by atoms with Gasteiger partial charge >= 0.3 is 23.9 Å². The number of carboxylic acid groups (broad SMARTS) is 2. The first-order valence-electron chi connectivity index (χ1n) is 9.77. The van der Waals surface area contributed by atoms with Crippen molar-refractivity contribution in [3.8, 4) is 0 Å². The topological polar surface area (TPSA) is 134 Å². The van der Waals surface area contributed by atoms with E-state index in [4.69, 9.17) is 10.2 Å². The maximum atomic E-state index is 10.2. The quantitative estimate of drug-likeness (QED) is 0.404. The molecule has 0 aromatic heterocycles. The van der Waals surface area contributed by atoms with Gasteiger partial charge in [0.15, 0.2) is 0 Å². The van der Waals surface area contributed by atoms with Crippen LogP contribution in [0.15, 0.2) is 49.1 Å². The fourth-order valence-corrected chi connectivity index (χ4v) is 0.375. The Morgan fingerprint density at radius 3 is 1.03 bits per heavy atom. The van der Waals surface area contributed by atoms with E-state index in [1.54, 1.807) is 13.8 Å². The highest BCUT2D eigenvalue weighted by atomic mass is 35.5. The van der Waals surface area contributed by atoms with Gasteiger partial charge in [-0.25, -0.2) is 19.2 Å². The van der Waals surface area contributed by atoms with Crippen molar-refractivity contribution in [2.24, 2.45) is 0 Å². The molecule has 208 valence electrons. The van der Waals surface area contributed by atoms with Crippen LogP contribution in [0, 0.1) is 0 Å². The molecule has 2 N–H and O–H groups in total. The van der Waals surface area contributed by atoms with Crippen LogP contribution in [-0.2, 0) is 28.7 Å². The van der Waals surface area contributed by atoms with E-state index in [0.717, 1.165) is 6.08 Å². The molecule has 0 aliphatic carbocycles. The van der Waals surface area contributed by atoms with Crippen molar-refractivity contribution in [2.75, 3.05) is 56.0 Å². The van der Waals surface area contributed by atoms with Gasteiger partial charge in [-0.05, 0) is 70.0 Å². The SMILES string of the molecule is C=C(C)C(=O)O.C=C(C)C(=O)O.C=C(C)C(=O)OC.C=CC(=O)OCC.CN(C)C.CN(C)C.Cl. The molecule has 0 heterocycles. The molecule has 10 nitrogen and oxygen atoms in total. The lowest BCUT2D eigenvalue weighted by atomic mass is 10.4. The average molecular weight is 527 g/mol. The molecule has 0 amide bonds. The third-order valence-electron chi connectivity index (χ3n) is 1.72. The summed E-state index contributed by atoms with van der Waals surface area (Å²) in [6.07, 6.45) is 1.14. The summed E-state index contributed by atoms with van der Waals surface area (Å²) in [5, 5.41) is 15.8. The monoisotopic (exact) mass is 526 g/mol. The standard InChI is InChI=1S/2C5H8O2.2C4H6O2.2C3H9N.ClH/c1-4(2)5(6)7-3;1-3-5(6)7-4-2;2*1-3(2)4(5)6;2*1-4(2)3;/h1H2,2-3H3;3H,1,4H2,2H3;2*1H2,2H3,(H,5,6);2*1-3H3;1H. The number of carboxylic acids is 2. The van der Waals surface area contributed by atoms with E-state index in [2.05, 4.69) is 35.8 Å². The van der Waals surface area contributed by atoms with Gasteiger partial charge in [0.05, 0.1) is 13.7 Å². The van der Waals surface area contributed by atoms with Crippen molar-refractivity contribution < 1.29 is 38.9 Å². The first-order valence-corrected chi connectivity index (χ1v) is 9.77. The van der Waals surface area contributed by atoms with Gasteiger partial charge < -0.3 is 29.5 Å². The summed E-state index contributed by atoms with van der Waals surface area (Å²) in [6.45, 7) is 19.5. The number of halogens is 1. The van der Waals surface area contributed by atoms with Crippen LogP contribution in [0.2, 0.25) is 0 Å². The highest BCUT2D eigenvalue weighted by Crippen LogP contribution is 1.87. The van der Waals surface area contributed by atoms with Crippen molar-refractivity contribution in [3.05, 3.63) is 49.1 Å². The van der Waals surface area contributed by atoms with Crippen LogP contribution in [0.4, 0.5) is 0 Å². The molecule has 11 heteroatoms. The third-order valence-corrected chi connectivity index (χ3v) is 1.72. The Labute approximate surface area is 218 Å². The number of hydrogen-bond acceptors (Lipinski definition) is 8. The van der Waals surface area contributed by atoms with Crippen LogP contribution in [-0.4, -0.2) is 99.9 Å². The van der Waals surface area contributed by atoms with Crippen molar-refractivity contribution in [1.29, 1.82) is 0 Å². The van der Waals surface area contributed by atoms with E-state index in [-0.39, 0.29) is 35.5 Å². The van der Waals surface area contributed by atoms with Gasteiger partial charge in [0.2, 0.25) is 0 Å². The molecule has 0 bridgehead atoms. The van der Waals surface area contributed by atoms with E-state index >= 15 is 0 Å². The summed E-state index contributed by atoms with van der Waals surface area (Å²) in [5.41, 5.74) is 0.785. The lowest BCUT2D eigenvalue weighted by molar-refractivity contribution is -0.137. The van der Waals surface area contributed by atoms with Crippen LogP contribution in [0.3, 0.4) is 0 Å². The van der Waals surface area contributed by atoms with Gasteiger partial charge in [-0.3, -0.25) is 0 Å². The predicted molar refractivity (Wildman–Crippen MR) is 145 cm³/mol. The van der Waals surface area contributed by atoms with Crippen LogP contribution >= 0.6 is 12.4 Å². The molecule has 0 radical (unpaired) electrons. The molecule has 0 aromatic carbocycles. The molecule has 0 saturated carbocycles. The zero-order chi connectivity index (χ0) is 29.0. The molecule has 0 aliphatic heterocycles. The van der Waals surface area contributed by atoms with Gasteiger partial charge in [0.25, 0.3) is 0 Å². The Balaban J connectivity index is -0.0000000541. The Kier molecular flexibility index (Phi) is 50.1. The van der Waals surface area contributed by atoms with Crippen molar-refractivity contribution in [1.82, 2.24) is 9.80 Å². The summed E-state index contributed by atoms with van der Waals surface area (Å²) in [5.74, 6) is -2.58. The summed E-state index contributed by atoms with van der Waals surface area (Å²) in [6, 6.07) is 0. The molecule has 0 aliphatic rings. The number of hydrogen-bond donors (Lipinski definition) is 2. The van der Waals surface area contributed by atoms with Crippen molar-refractivity contribution in [2.45, 2.75) is 27.7 Å². The van der Waals surface area contributed by atoms with Crippen LogP contribution < -0.4 is 0 Å². The predicted octanol–water partition coefficient (Wildman–Crippen LogP) is 3.54. The van der Waals surface area contributed by atoms with Gasteiger partial charge in [-0.2, -0.15) is 0 Å². The second-order valence-electron chi connectivity index (χ2n) is 7.08. The minimum atomic E-state index is -0.935. The smallest absolute Gasteiger partial charge is 0.332 e. The largest absolute Gasteiger partial charge is 0.478 e. The van der Waals surface area contributed by atoms with Gasteiger partial charge in [0, 0.05) is 22.8 Å². The zero-order valence-corrected chi connectivity index (χ0v) is 24.1. The van der Waals surface area contributed by atoms with Crippen LogP contribution in [0.5, 0.6) is 0 Å². The molecule has 0 saturated heterocycles. The highest BCUT2D eigenvalue weighted by molar-refractivity contribution is 5.86. The maximum absolute atomic E-state index is 10.2. The maximum Gasteiger partial charge on any atom is 0.332 e. The Morgan fingerprint density at radius 2 is 1.00 bits per heavy atom. The lowest BCUT2D eigenvalue weighted by Crippen LogP contribution is -1.99. The summed E-state index contributed by atoms with van der Waals surface area (Å²) < 4.78 is 8.71. The molecular formula is C24H47ClN2O8. The number of nitrogens with zero attached hydrogens (tertiary/aromatic N) is 2. The molecular weight excluding hydrogens is 480 g/mol. The normalized spacial score (nSPS) is 7.69. The minimum Gasteiger partial charge on any atom is -0.478 e. The van der Waals surface area contributed by atoms with E-state index < -0.39 is 11.9 Å². The molecule has 0 fully saturated rings. The van der Waals surface area contributed by atoms with E-state index in [0.29, 0.717) is 12.2 Å². The van der Waals surface area contributed by atoms with Gasteiger partial charge in [-0.1, -0.05) is 26.3 Å². The van der Waals surface area contributed by atoms with Crippen molar-refractivity contribution in [3.63, 3.8) is 0 Å². The number of rotatable bonds is 5. The number of carbonyl (C=O) groups excluding carboxylic acids is 2. The molecule has 35 heavy (non-hydrogen) atoms. The molecule has 0 spiro atoms. The summed E-state index contributed by atoms with van der Waals surface area (Å²) in [7, 11) is 13.3. The van der Waals surface area contributed by atoms with E-state index in [9.17, 15) is 19.2 Å². The lowest BCUT2D eigenvalue weighted by Gasteiger charge is -1.91. The van der Waals surface area contributed by atoms with E-state index in [1.165, 1.54) is 21.0 Å². The summed E-state index contributed by atoms with van der Waals surface area (Å²) in [4.78, 5) is 43.5. The number of aliphatic carboxylic acids is 2. The minimum absolute atomic E-state index is 0. The second-order valence-corrected chi connectivity index (χ2v) is 7.08.